The second kappa shape index (κ2) is 4.49. The number of rotatable bonds is 3. The number of anilines is 1. The molecule has 84 valence electrons. The van der Waals surface area contributed by atoms with E-state index >= 15 is 0 Å². The largest absolute Gasteiger partial charge is 0.397 e. The first-order chi connectivity index (χ1) is 7.74. The SMILES string of the molecule is CCCNC(=O)c1sc2cnccc2c1N. The van der Waals surface area contributed by atoms with Crippen molar-refractivity contribution in [2.75, 3.05) is 12.3 Å². The molecule has 4 nitrogen and oxygen atoms in total. The minimum Gasteiger partial charge on any atom is -0.397 e. The van der Waals surface area contributed by atoms with Crippen LogP contribution in [-0.2, 0) is 0 Å². The Labute approximate surface area is 97.5 Å². The van der Waals surface area contributed by atoms with Gasteiger partial charge in [0.15, 0.2) is 0 Å². The van der Waals surface area contributed by atoms with E-state index in [9.17, 15) is 4.79 Å². The van der Waals surface area contributed by atoms with Crippen molar-refractivity contribution >= 4 is 33.0 Å². The van der Waals surface area contributed by atoms with E-state index < -0.39 is 0 Å². The summed E-state index contributed by atoms with van der Waals surface area (Å²) in [6.45, 7) is 2.68. The Bertz CT molecular complexity index is 521. The minimum absolute atomic E-state index is 0.0967. The Morgan fingerprint density at radius 3 is 3.12 bits per heavy atom. The van der Waals surface area contributed by atoms with Gasteiger partial charge in [-0.1, -0.05) is 6.92 Å². The van der Waals surface area contributed by atoms with Crippen molar-refractivity contribution in [1.29, 1.82) is 0 Å². The highest BCUT2D eigenvalue weighted by Crippen LogP contribution is 2.32. The topological polar surface area (TPSA) is 68.0 Å². The molecule has 3 N–H and O–H groups in total. The Balaban J connectivity index is 2.37. The van der Waals surface area contributed by atoms with Crippen molar-refractivity contribution < 1.29 is 4.79 Å². The average molecular weight is 235 g/mol. The van der Waals surface area contributed by atoms with E-state index in [-0.39, 0.29) is 5.91 Å². The predicted octanol–water partition coefficient (Wildman–Crippen LogP) is 2.02. The molecular formula is C11H13N3OS. The zero-order chi connectivity index (χ0) is 11.5. The number of aromatic nitrogens is 1. The molecule has 0 spiro atoms. The van der Waals surface area contributed by atoms with E-state index in [0.717, 1.165) is 16.5 Å². The molecule has 5 heteroatoms. The lowest BCUT2D eigenvalue weighted by Crippen LogP contribution is -2.23. The van der Waals surface area contributed by atoms with Crippen LogP contribution in [0.4, 0.5) is 5.69 Å². The summed E-state index contributed by atoms with van der Waals surface area (Å²) in [7, 11) is 0. The Morgan fingerprint density at radius 1 is 1.62 bits per heavy atom. The molecule has 0 aromatic carbocycles. The molecule has 2 heterocycles. The van der Waals surface area contributed by atoms with E-state index in [1.54, 1.807) is 12.4 Å². The lowest BCUT2D eigenvalue weighted by atomic mass is 10.2. The van der Waals surface area contributed by atoms with Gasteiger partial charge in [0.25, 0.3) is 5.91 Å². The van der Waals surface area contributed by atoms with Gasteiger partial charge in [0, 0.05) is 24.3 Å². The van der Waals surface area contributed by atoms with Crippen LogP contribution in [-0.4, -0.2) is 17.4 Å². The number of nitrogens with one attached hydrogen (secondary N) is 1. The van der Waals surface area contributed by atoms with Crippen LogP contribution in [0.2, 0.25) is 0 Å². The van der Waals surface area contributed by atoms with Gasteiger partial charge in [-0.3, -0.25) is 9.78 Å². The molecule has 16 heavy (non-hydrogen) atoms. The van der Waals surface area contributed by atoms with E-state index in [1.807, 2.05) is 13.0 Å². The highest BCUT2D eigenvalue weighted by molar-refractivity contribution is 7.21. The third kappa shape index (κ3) is 1.86. The van der Waals surface area contributed by atoms with Gasteiger partial charge >= 0.3 is 0 Å². The number of fused-ring (bicyclic) bond motifs is 1. The average Bonchev–Trinajstić information content (AvgIpc) is 2.64. The summed E-state index contributed by atoms with van der Waals surface area (Å²) in [6, 6.07) is 1.83. The number of nitrogens with zero attached hydrogens (tertiary/aromatic N) is 1. The molecule has 0 saturated heterocycles. The molecule has 2 aromatic heterocycles. The first kappa shape index (κ1) is 10.9. The molecular weight excluding hydrogens is 222 g/mol. The number of hydrogen-bond donors (Lipinski definition) is 2. The Kier molecular flexibility index (Phi) is 3.05. The van der Waals surface area contributed by atoms with Crippen molar-refractivity contribution in [1.82, 2.24) is 10.3 Å². The van der Waals surface area contributed by atoms with Crippen molar-refractivity contribution in [3.63, 3.8) is 0 Å². The van der Waals surface area contributed by atoms with Gasteiger partial charge in [0.1, 0.15) is 4.88 Å². The third-order valence-corrected chi connectivity index (χ3v) is 3.43. The summed E-state index contributed by atoms with van der Waals surface area (Å²) in [5.41, 5.74) is 6.49. The van der Waals surface area contributed by atoms with E-state index in [2.05, 4.69) is 10.3 Å². The van der Waals surface area contributed by atoms with Crippen molar-refractivity contribution in [2.45, 2.75) is 13.3 Å². The molecule has 0 bridgehead atoms. The molecule has 0 aliphatic rings. The summed E-state index contributed by atoms with van der Waals surface area (Å²) in [4.78, 5) is 16.4. The number of thiophene rings is 1. The number of pyridine rings is 1. The smallest absolute Gasteiger partial charge is 0.263 e. The second-order valence-electron chi connectivity index (χ2n) is 3.47. The van der Waals surface area contributed by atoms with Gasteiger partial charge in [-0.2, -0.15) is 0 Å². The second-order valence-corrected chi connectivity index (χ2v) is 4.52. The van der Waals surface area contributed by atoms with Crippen molar-refractivity contribution in [3.05, 3.63) is 23.3 Å². The van der Waals surface area contributed by atoms with Gasteiger partial charge in [0.2, 0.25) is 0 Å². The molecule has 2 aromatic rings. The highest BCUT2D eigenvalue weighted by Gasteiger charge is 2.15. The fourth-order valence-electron chi connectivity index (χ4n) is 1.46. The van der Waals surface area contributed by atoms with Gasteiger partial charge in [-0.25, -0.2) is 0 Å². The summed E-state index contributed by atoms with van der Waals surface area (Å²) in [5, 5.41) is 3.73. The van der Waals surface area contributed by atoms with Crippen LogP contribution in [0, 0.1) is 0 Å². The molecule has 0 atom stereocenters. The first-order valence-corrected chi connectivity index (χ1v) is 5.96. The lowest BCUT2D eigenvalue weighted by molar-refractivity contribution is 0.0958. The molecule has 2 rings (SSSR count). The molecule has 0 unspecified atom stereocenters. The fraction of sp³-hybridized carbons (Fsp3) is 0.273. The number of amides is 1. The van der Waals surface area contributed by atoms with E-state index in [4.69, 9.17) is 5.73 Å². The third-order valence-electron chi connectivity index (χ3n) is 2.27. The summed E-state index contributed by atoms with van der Waals surface area (Å²) in [6.07, 6.45) is 4.32. The summed E-state index contributed by atoms with van der Waals surface area (Å²) in [5.74, 6) is -0.0967. The van der Waals surface area contributed by atoms with Crippen LogP contribution in [0.1, 0.15) is 23.0 Å². The molecule has 0 fully saturated rings. The number of hydrogen-bond acceptors (Lipinski definition) is 4. The van der Waals surface area contributed by atoms with Crippen LogP contribution in [0.5, 0.6) is 0 Å². The van der Waals surface area contributed by atoms with Gasteiger partial charge in [-0.15, -0.1) is 11.3 Å². The lowest BCUT2D eigenvalue weighted by Gasteiger charge is -2.01. The van der Waals surface area contributed by atoms with Crippen molar-refractivity contribution in [3.8, 4) is 0 Å². The predicted molar refractivity (Wildman–Crippen MR) is 66.7 cm³/mol. The molecule has 0 saturated carbocycles. The van der Waals surface area contributed by atoms with Gasteiger partial charge < -0.3 is 11.1 Å². The summed E-state index contributed by atoms with van der Waals surface area (Å²) < 4.78 is 0.946. The molecule has 0 aliphatic heterocycles. The molecule has 0 aliphatic carbocycles. The van der Waals surface area contributed by atoms with Gasteiger partial charge in [-0.05, 0) is 12.5 Å². The number of nitrogens with two attached hydrogens (primary N) is 1. The van der Waals surface area contributed by atoms with E-state index in [0.29, 0.717) is 17.1 Å². The first-order valence-electron chi connectivity index (χ1n) is 5.14. The van der Waals surface area contributed by atoms with Crippen LogP contribution in [0.15, 0.2) is 18.5 Å². The maximum Gasteiger partial charge on any atom is 0.263 e. The highest BCUT2D eigenvalue weighted by atomic mass is 32.1. The van der Waals surface area contributed by atoms with Gasteiger partial charge in [0.05, 0.1) is 10.4 Å². The van der Waals surface area contributed by atoms with Crippen LogP contribution < -0.4 is 11.1 Å². The molecule has 1 amide bonds. The Hall–Kier alpha value is -1.62. The monoisotopic (exact) mass is 235 g/mol. The minimum atomic E-state index is -0.0967. The van der Waals surface area contributed by atoms with Crippen LogP contribution in [0.3, 0.4) is 0 Å². The number of nitrogen functional groups attached to an aromatic ring is 1. The fourth-order valence-corrected chi connectivity index (χ4v) is 2.46. The van der Waals surface area contributed by atoms with E-state index in [1.165, 1.54) is 11.3 Å². The standard InChI is InChI=1S/C11H13N3OS/c1-2-4-14-11(15)10-9(12)7-3-5-13-6-8(7)16-10/h3,5-6H,2,4,12H2,1H3,(H,14,15). The quantitative estimate of drug-likeness (QED) is 0.855. The summed E-state index contributed by atoms with van der Waals surface area (Å²) >= 11 is 1.38. The maximum absolute atomic E-state index is 11.8. The Morgan fingerprint density at radius 2 is 2.44 bits per heavy atom. The van der Waals surface area contributed by atoms with Crippen LogP contribution in [0.25, 0.3) is 10.1 Å². The zero-order valence-electron chi connectivity index (χ0n) is 8.99. The van der Waals surface area contributed by atoms with Crippen LogP contribution >= 0.6 is 11.3 Å². The number of carbonyl (C=O) groups excluding carboxylic acids is 1. The number of carbonyl (C=O) groups is 1. The molecule has 0 radical (unpaired) electrons. The normalized spacial score (nSPS) is 10.6. The maximum atomic E-state index is 11.8. The zero-order valence-corrected chi connectivity index (χ0v) is 9.80. The van der Waals surface area contributed by atoms with Crippen molar-refractivity contribution in [2.24, 2.45) is 0 Å².